The maximum absolute atomic E-state index is 12.4. The summed E-state index contributed by atoms with van der Waals surface area (Å²) in [7, 11) is -3.44. The number of benzene rings is 1. The lowest BCUT2D eigenvalue weighted by Crippen LogP contribution is -2.38. The van der Waals surface area contributed by atoms with Crippen molar-refractivity contribution in [3.8, 4) is 12.3 Å². The minimum absolute atomic E-state index is 0.191. The molecule has 0 spiro atoms. The molecule has 0 unspecified atom stereocenters. The van der Waals surface area contributed by atoms with Crippen LogP contribution in [0.3, 0.4) is 0 Å². The Labute approximate surface area is 113 Å². The van der Waals surface area contributed by atoms with Crippen LogP contribution in [0.15, 0.2) is 29.2 Å². The first-order chi connectivity index (χ1) is 8.54. The normalized spacial score (nSPS) is 18.4. The van der Waals surface area contributed by atoms with Crippen molar-refractivity contribution in [1.29, 1.82) is 0 Å². The largest absolute Gasteiger partial charge is 0.243 e. The van der Waals surface area contributed by atoms with Crippen LogP contribution in [0.25, 0.3) is 0 Å². The molecular formula is C13H14ClNO2S. The molecule has 0 atom stereocenters. The van der Waals surface area contributed by atoms with Crippen molar-refractivity contribution in [3.63, 3.8) is 0 Å². The number of hydrogen-bond acceptors (Lipinski definition) is 2. The van der Waals surface area contributed by atoms with Crippen LogP contribution in [-0.4, -0.2) is 25.8 Å². The van der Waals surface area contributed by atoms with Gasteiger partial charge in [0.05, 0.1) is 4.90 Å². The molecule has 0 bridgehead atoms. The Hall–Kier alpha value is -1.02. The van der Waals surface area contributed by atoms with E-state index in [0.717, 1.165) is 12.8 Å². The topological polar surface area (TPSA) is 37.4 Å². The number of nitrogens with zero attached hydrogens (tertiary/aromatic N) is 1. The predicted molar refractivity (Wildman–Crippen MR) is 71.8 cm³/mol. The van der Waals surface area contributed by atoms with E-state index in [2.05, 4.69) is 5.92 Å². The van der Waals surface area contributed by atoms with Crippen molar-refractivity contribution in [1.82, 2.24) is 4.31 Å². The first kappa shape index (κ1) is 13.4. The van der Waals surface area contributed by atoms with E-state index in [1.165, 1.54) is 10.4 Å². The molecule has 5 heteroatoms. The third-order valence-electron chi connectivity index (χ3n) is 3.12. The smallest absolute Gasteiger partial charge is 0.207 e. The molecule has 1 aromatic carbocycles. The van der Waals surface area contributed by atoms with Crippen LogP contribution >= 0.6 is 11.6 Å². The average molecular weight is 284 g/mol. The molecule has 1 saturated heterocycles. The van der Waals surface area contributed by atoms with Crippen molar-refractivity contribution in [2.24, 2.45) is 5.92 Å². The minimum Gasteiger partial charge on any atom is -0.207 e. The highest BCUT2D eigenvalue weighted by molar-refractivity contribution is 7.89. The third-order valence-corrected chi connectivity index (χ3v) is 5.25. The van der Waals surface area contributed by atoms with Crippen molar-refractivity contribution < 1.29 is 8.42 Å². The SMILES string of the molecule is C#CC1CCN(S(=O)(=O)c2cccc(Cl)c2)CC1. The van der Waals surface area contributed by atoms with E-state index in [4.69, 9.17) is 18.0 Å². The van der Waals surface area contributed by atoms with Crippen LogP contribution in [-0.2, 0) is 10.0 Å². The first-order valence-electron chi connectivity index (χ1n) is 5.76. The zero-order chi connectivity index (χ0) is 13.2. The Kier molecular flexibility index (Phi) is 3.96. The van der Waals surface area contributed by atoms with Crippen LogP contribution in [0.5, 0.6) is 0 Å². The molecule has 0 N–H and O–H groups in total. The van der Waals surface area contributed by atoms with E-state index in [9.17, 15) is 8.42 Å². The second-order valence-corrected chi connectivity index (χ2v) is 6.68. The molecule has 96 valence electrons. The second kappa shape index (κ2) is 5.31. The average Bonchev–Trinajstić information content (AvgIpc) is 2.39. The van der Waals surface area contributed by atoms with Crippen molar-refractivity contribution in [2.45, 2.75) is 17.7 Å². The summed E-state index contributed by atoms with van der Waals surface area (Å²) in [5.41, 5.74) is 0. The van der Waals surface area contributed by atoms with Crippen LogP contribution in [0.1, 0.15) is 12.8 Å². The molecule has 2 rings (SSSR count). The quantitative estimate of drug-likeness (QED) is 0.782. The van der Waals surface area contributed by atoms with Gasteiger partial charge in [-0.2, -0.15) is 4.31 Å². The number of sulfonamides is 1. The summed E-state index contributed by atoms with van der Waals surface area (Å²) >= 11 is 5.83. The summed E-state index contributed by atoms with van der Waals surface area (Å²) in [6, 6.07) is 6.34. The second-order valence-electron chi connectivity index (χ2n) is 4.30. The zero-order valence-electron chi connectivity index (χ0n) is 9.84. The maximum Gasteiger partial charge on any atom is 0.243 e. The fraction of sp³-hybridized carbons (Fsp3) is 0.385. The highest BCUT2D eigenvalue weighted by Gasteiger charge is 2.28. The van der Waals surface area contributed by atoms with Gasteiger partial charge < -0.3 is 0 Å². The van der Waals surface area contributed by atoms with Gasteiger partial charge in [0, 0.05) is 24.0 Å². The summed E-state index contributed by atoms with van der Waals surface area (Å²) in [6.45, 7) is 0.952. The molecule has 0 radical (unpaired) electrons. The van der Waals surface area contributed by atoms with Crippen molar-refractivity contribution >= 4 is 21.6 Å². The Balaban J connectivity index is 2.20. The Morgan fingerprint density at radius 1 is 1.33 bits per heavy atom. The Morgan fingerprint density at radius 3 is 2.56 bits per heavy atom. The summed E-state index contributed by atoms with van der Waals surface area (Å²) < 4.78 is 26.2. The summed E-state index contributed by atoms with van der Waals surface area (Å²) in [5, 5.41) is 0.426. The molecule has 1 aromatic rings. The molecule has 1 aliphatic rings. The van der Waals surface area contributed by atoms with Gasteiger partial charge in [-0.1, -0.05) is 17.7 Å². The molecule has 1 aliphatic heterocycles. The number of rotatable bonds is 2. The molecule has 1 fully saturated rings. The van der Waals surface area contributed by atoms with Crippen LogP contribution in [0.4, 0.5) is 0 Å². The van der Waals surface area contributed by atoms with E-state index in [1.54, 1.807) is 18.2 Å². The Bertz CT molecular complexity index is 569. The zero-order valence-corrected chi connectivity index (χ0v) is 11.4. The van der Waals surface area contributed by atoms with Crippen molar-refractivity contribution in [2.75, 3.05) is 13.1 Å². The third kappa shape index (κ3) is 2.69. The summed E-state index contributed by atoms with van der Waals surface area (Å²) in [5.74, 6) is 2.87. The molecule has 3 nitrogen and oxygen atoms in total. The number of piperidine rings is 1. The number of terminal acetylenes is 1. The lowest BCUT2D eigenvalue weighted by atomic mass is 10.00. The summed E-state index contributed by atoms with van der Waals surface area (Å²) in [6.07, 6.45) is 6.79. The van der Waals surface area contributed by atoms with E-state index in [-0.39, 0.29) is 10.8 Å². The van der Waals surface area contributed by atoms with Gasteiger partial charge >= 0.3 is 0 Å². The van der Waals surface area contributed by atoms with Crippen LogP contribution in [0, 0.1) is 18.3 Å². The first-order valence-corrected chi connectivity index (χ1v) is 7.57. The van der Waals surface area contributed by atoms with Gasteiger partial charge in [-0.3, -0.25) is 0 Å². The lowest BCUT2D eigenvalue weighted by Gasteiger charge is -2.28. The van der Waals surface area contributed by atoms with Crippen LogP contribution < -0.4 is 0 Å². The fourth-order valence-corrected chi connectivity index (χ4v) is 3.81. The van der Waals surface area contributed by atoms with Gasteiger partial charge in [-0.25, -0.2) is 8.42 Å². The van der Waals surface area contributed by atoms with Gasteiger partial charge in [-0.15, -0.1) is 12.3 Å². The van der Waals surface area contributed by atoms with Gasteiger partial charge in [0.1, 0.15) is 0 Å². The highest BCUT2D eigenvalue weighted by atomic mass is 35.5. The Morgan fingerprint density at radius 2 is 2.00 bits per heavy atom. The minimum atomic E-state index is -3.44. The maximum atomic E-state index is 12.4. The highest BCUT2D eigenvalue weighted by Crippen LogP contribution is 2.24. The van der Waals surface area contributed by atoms with E-state index in [0.29, 0.717) is 18.1 Å². The molecule has 1 heterocycles. The van der Waals surface area contributed by atoms with E-state index in [1.807, 2.05) is 0 Å². The molecule has 0 aliphatic carbocycles. The molecule has 0 saturated carbocycles. The lowest BCUT2D eigenvalue weighted by molar-refractivity contribution is 0.311. The predicted octanol–water partition coefficient (Wildman–Crippen LogP) is 2.37. The molecule has 0 amide bonds. The number of hydrogen-bond donors (Lipinski definition) is 0. The number of halogens is 1. The summed E-state index contributed by atoms with van der Waals surface area (Å²) in [4.78, 5) is 0.245. The molecule has 18 heavy (non-hydrogen) atoms. The van der Waals surface area contributed by atoms with Gasteiger partial charge in [0.2, 0.25) is 10.0 Å². The van der Waals surface area contributed by atoms with Crippen LogP contribution in [0.2, 0.25) is 5.02 Å². The van der Waals surface area contributed by atoms with E-state index < -0.39 is 10.0 Å². The van der Waals surface area contributed by atoms with Gasteiger partial charge in [-0.05, 0) is 31.0 Å². The molecule has 0 aromatic heterocycles. The van der Waals surface area contributed by atoms with E-state index >= 15 is 0 Å². The van der Waals surface area contributed by atoms with Crippen molar-refractivity contribution in [3.05, 3.63) is 29.3 Å². The monoisotopic (exact) mass is 283 g/mol. The molecular weight excluding hydrogens is 270 g/mol. The fourth-order valence-electron chi connectivity index (χ4n) is 2.04. The standard InChI is InChI=1S/C13H14ClNO2S/c1-2-11-6-8-15(9-7-11)18(16,17)13-5-3-4-12(14)10-13/h1,3-5,10-11H,6-9H2. The van der Waals surface area contributed by atoms with Gasteiger partial charge in [0.15, 0.2) is 0 Å². The van der Waals surface area contributed by atoms with Gasteiger partial charge in [0.25, 0.3) is 0 Å².